The van der Waals surface area contributed by atoms with Gasteiger partial charge in [-0.3, -0.25) is 8.74 Å². The Labute approximate surface area is 103 Å². The van der Waals surface area contributed by atoms with E-state index in [9.17, 15) is 21.6 Å². The maximum absolute atomic E-state index is 12.3. The Hall–Kier alpha value is -1.12. The molecule has 1 N–H and O–H groups in total. The monoisotopic (exact) mass is 286 g/mol. The van der Waals surface area contributed by atoms with E-state index in [4.69, 9.17) is 4.55 Å². The van der Waals surface area contributed by atoms with Crippen LogP contribution in [-0.2, 0) is 20.8 Å². The van der Waals surface area contributed by atoms with E-state index in [0.29, 0.717) is 0 Å². The number of halogens is 3. The average molecular weight is 286 g/mol. The molecule has 8 heteroatoms. The standard InChI is InChI=1S/C9H9F3.CH4O4S/c1-6-4-3-5-7(2)8(6)9(10,11)12;1-5-6(2,3)4/h3-5H,1-2H3;1H3,(H,2,3,4). The first-order chi connectivity index (χ1) is 7.99. The smallest absolute Gasteiger partial charge is 0.264 e. The van der Waals surface area contributed by atoms with Crippen LogP contribution in [-0.4, -0.2) is 20.1 Å². The first-order valence-electron chi connectivity index (χ1n) is 4.65. The molecule has 0 spiro atoms. The van der Waals surface area contributed by atoms with Crippen LogP contribution in [0.25, 0.3) is 0 Å². The summed E-state index contributed by atoms with van der Waals surface area (Å²) in [5.41, 5.74) is 0.0509. The first-order valence-corrected chi connectivity index (χ1v) is 6.02. The molecular weight excluding hydrogens is 273 g/mol. The van der Waals surface area contributed by atoms with Crippen molar-refractivity contribution in [1.82, 2.24) is 0 Å². The molecule has 0 aliphatic carbocycles. The summed E-state index contributed by atoms with van der Waals surface area (Å²) in [4.78, 5) is 0. The second-order valence-corrected chi connectivity index (χ2v) is 4.55. The SMILES string of the molecule is COS(=O)(=O)O.Cc1cccc(C)c1C(F)(F)F. The van der Waals surface area contributed by atoms with Crippen LogP contribution in [0.15, 0.2) is 18.2 Å². The van der Waals surface area contributed by atoms with Crippen LogP contribution < -0.4 is 0 Å². The van der Waals surface area contributed by atoms with Gasteiger partial charge in [0.1, 0.15) is 0 Å². The predicted molar refractivity (Wildman–Crippen MR) is 59.5 cm³/mol. The van der Waals surface area contributed by atoms with Gasteiger partial charge in [0.15, 0.2) is 0 Å². The molecule has 4 nitrogen and oxygen atoms in total. The summed E-state index contributed by atoms with van der Waals surface area (Å²) in [7, 11) is -3.29. The van der Waals surface area contributed by atoms with Crippen LogP contribution in [0.5, 0.6) is 0 Å². The van der Waals surface area contributed by atoms with Crippen molar-refractivity contribution in [3.8, 4) is 0 Å². The highest BCUT2D eigenvalue weighted by molar-refractivity contribution is 7.80. The van der Waals surface area contributed by atoms with E-state index in [0.717, 1.165) is 7.11 Å². The molecule has 0 fully saturated rings. The minimum Gasteiger partial charge on any atom is -0.264 e. The topological polar surface area (TPSA) is 63.6 Å². The third-order valence-corrected chi connectivity index (χ3v) is 2.40. The summed E-state index contributed by atoms with van der Waals surface area (Å²) >= 11 is 0. The minimum absolute atomic E-state index is 0.280. The van der Waals surface area contributed by atoms with E-state index in [1.807, 2.05) is 0 Å². The van der Waals surface area contributed by atoms with Crippen molar-refractivity contribution in [3.63, 3.8) is 0 Å². The first kappa shape index (κ1) is 16.9. The summed E-state index contributed by atoms with van der Waals surface area (Å²) < 4.78 is 66.6. The van der Waals surface area contributed by atoms with Gasteiger partial charge >= 0.3 is 16.6 Å². The molecular formula is C10H13F3O4S. The molecule has 104 valence electrons. The van der Waals surface area contributed by atoms with Crippen LogP contribution in [0.1, 0.15) is 16.7 Å². The largest absolute Gasteiger partial charge is 0.416 e. The molecule has 0 atom stereocenters. The average Bonchev–Trinajstić information content (AvgIpc) is 2.15. The normalized spacial score (nSPS) is 11.7. The zero-order valence-corrected chi connectivity index (χ0v) is 10.8. The number of hydrogen-bond acceptors (Lipinski definition) is 3. The van der Waals surface area contributed by atoms with Gasteiger partial charge in [0, 0.05) is 0 Å². The summed E-state index contributed by atoms with van der Waals surface area (Å²) in [6.45, 7) is 2.94. The van der Waals surface area contributed by atoms with E-state index in [2.05, 4.69) is 4.18 Å². The van der Waals surface area contributed by atoms with Crippen LogP contribution in [0.4, 0.5) is 13.2 Å². The quantitative estimate of drug-likeness (QED) is 0.806. The molecule has 0 unspecified atom stereocenters. The Morgan fingerprint density at radius 2 is 1.50 bits per heavy atom. The highest BCUT2D eigenvalue weighted by Gasteiger charge is 2.33. The Kier molecular flexibility index (Phi) is 5.78. The van der Waals surface area contributed by atoms with Gasteiger partial charge in [-0.2, -0.15) is 21.6 Å². The molecule has 1 aromatic rings. The number of hydrogen-bond donors (Lipinski definition) is 1. The minimum atomic E-state index is -4.23. The lowest BCUT2D eigenvalue weighted by molar-refractivity contribution is -0.138. The molecule has 0 heterocycles. The van der Waals surface area contributed by atoms with Gasteiger partial charge in [-0.1, -0.05) is 18.2 Å². The van der Waals surface area contributed by atoms with Crippen molar-refractivity contribution in [1.29, 1.82) is 0 Å². The zero-order chi connectivity index (χ0) is 14.6. The predicted octanol–water partition coefficient (Wildman–Crippen LogP) is 2.76. The highest BCUT2D eigenvalue weighted by atomic mass is 32.3. The lowest BCUT2D eigenvalue weighted by atomic mass is 10.0. The fraction of sp³-hybridized carbons (Fsp3) is 0.400. The molecule has 0 saturated heterocycles. The Morgan fingerprint density at radius 3 is 1.67 bits per heavy atom. The van der Waals surface area contributed by atoms with Crippen LogP contribution in [0.3, 0.4) is 0 Å². The second-order valence-electron chi connectivity index (χ2n) is 3.36. The van der Waals surface area contributed by atoms with E-state index in [1.54, 1.807) is 6.07 Å². The van der Waals surface area contributed by atoms with Crippen molar-refractivity contribution in [2.24, 2.45) is 0 Å². The van der Waals surface area contributed by atoms with Gasteiger partial charge in [-0.25, -0.2) is 0 Å². The third kappa shape index (κ3) is 5.99. The summed E-state index contributed by atoms with van der Waals surface area (Å²) in [6, 6.07) is 4.56. The van der Waals surface area contributed by atoms with E-state index < -0.39 is 22.1 Å². The lowest BCUT2D eigenvalue weighted by Gasteiger charge is -2.12. The Bertz CT molecular complexity index is 474. The van der Waals surface area contributed by atoms with E-state index in [-0.39, 0.29) is 11.1 Å². The molecule has 0 aliphatic heterocycles. The summed E-state index contributed by atoms with van der Waals surface area (Å²) in [5.74, 6) is 0. The zero-order valence-electron chi connectivity index (χ0n) is 9.95. The Balaban J connectivity index is 0.000000411. The molecule has 0 amide bonds. The van der Waals surface area contributed by atoms with Crippen molar-refractivity contribution >= 4 is 10.4 Å². The fourth-order valence-corrected chi connectivity index (χ4v) is 1.26. The highest BCUT2D eigenvalue weighted by Crippen LogP contribution is 2.33. The molecule has 0 aliphatic rings. The maximum Gasteiger partial charge on any atom is 0.416 e. The lowest BCUT2D eigenvalue weighted by Crippen LogP contribution is -2.09. The van der Waals surface area contributed by atoms with Crippen molar-refractivity contribution in [2.75, 3.05) is 7.11 Å². The summed E-state index contributed by atoms with van der Waals surface area (Å²) in [5, 5.41) is 0. The Morgan fingerprint density at radius 1 is 1.17 bits per heavy atom. The third-order valence-electron chi connectivity index (χ3n) is 1.98. The van der Waals surface area contributed by atoms with Crippen LogP contribution >= 0.6 is 0 Å². The number of alkyl halides is 3. The maximum atomic E-state index is 12.3. The van der Waals surface area contributed by atoms with Crippen molar-refractivity contribution < 1.29 is 30.3 Å². The number of benzene rings is 1. The van der Waals surface area contributed by atoms with Crippen LogP contribution in [0, 0.1) is 13.8 Å². The van der Waals surface area contributed by atoms with E-state index in [1.165, 1.54) is 26.0 Å². The molecule has 1 aromatic carbocycles. The van der Waals surface area contributed by atoms with Gasteiger partial charge in [0.2, 0.25) is 0 Å². The summed E-state index contributed by atoms with van der Waals surface area (Å²) in [6.07, 6.45) is -4.23. The van der Waals surface area contributed by atoms with Crippen molar-refractivity contribution in [2.45, 2.75) is 20.0 Å². The molecule has 0 aromatic heterocycles. The van der Waals surface area contributed by atoms with Gasteiger partial charge in [-0.15, -0.1) is 0 Å². The molecule has 0 saturated carbocycles. The second kappa shape index (κ2) is 6.17. The van der Waals surface area contributed by atoms with E-state index >= 15 is 0 Å². The van der Waals surface area contributed by atoms with Gasteiger partial charge in [0.25, 0.3) is 0 Å². The molecule has 0 radical (unpaired) electrons. The number of rotatable bonds is 1. The van der Waals surface area contributed by atoms with Gasteiger partial charge in [-0.05, 0) is 25.0 Å². The molecule has 1 rings (SSSR count). The molecule has 0 bridgehead atoms. The van der Waals surface area contributed by atoms with Gasteiger partial charge < -0.3 is 0 Å². The molecule has 18 heavy (non-hydrogen) atoms. The van der Waals surface area contributed by atoms with Crippen molar-refractivity contribution in [3.05, 3.63) is 34.9 Å². The fourth-order valence-electron chi connectivity index (χ4n) is 1.26. The number of aryl methyl sites for hydroxylation is 2. The van der Waals surface area contributed by atoms with Crippen LogP contribution in [0.2, 0.25) is 0 Å². The van der Waals surface area contributed by atoms with Gasteiger partial charge in [0.05, 0.1) is 12.7 Å².